The van der Waals surface area contributed by atoms with E-state index in [0.29, 0.717) is 12.8 Å². The number of allylic oxidation sites excluding steroid dienone is 6. The Kier molecular flexibility index (Phi) is 41.0. The molecular weight excluding hydrogens is 633 g/mol. The maximum absolute atomic E-state index is 12.2. The van der Waals surface area contributed by atoms with Crippen molar-refractivity contribution in [3.05, 3.63) is 36.5 Å². The van der Waals surface area contributed by atoms with E-state index in [1.807, 2.05) is 0 Å². The first-order valence-electron chi connectivity index (χ1n) is 22.0. The number of carbonyl (C=O) groups is 2. The lowest BCUT2D eigenvalue weighted by molar-refractivity contribution is -0.161. The highest BCUT2D eigenvalue weighted by Gasteiger charge is 2.16. The third-order valence-electron chi connectivity index (χ3n) is 9.69. The van der Waals surface area contributed by atoms with Crippen LogP contribution in [-0.2, 0) is 19.1 Å². The summed E-state index contributed by atoms with van der Waals surface area (Å²) in [4.78, 5) is 24.3. The molecule has 1 N–H and O–H groups in total. The number of carbonyl (C=O) groups excluding carboxylic acids is 2. The second-order valence-electron chi connectivity index (χ2n) is 14.8. The molecule has 5 nitrogen and oxygen atoms in total. The summed E-state index contributed by atoms with van der Waals surface area (Å²) in [5.74, 6) is -0.597. The molecule has 5 heteroatoms. The fourth-order valence-electron chi connectivity index (χ4n) is 6.33. The smallest absolute Gasteiger partial charge is 0.306 e. The second-order valence-corrected chi connectivity index (χ2v) is 14.8. The van der Waals surface area contributed by atoms with Crippen molar-refractivity contribution in [2.75, 3.05) is 13.2 Å². The molecule has 0 amide bonds. The van der Waals surface area contributed by atoms with Crippen LogP contribution in [0.1, 0.15) is 226 Å². The Hall–Kier alpha value is -1.88. The van der Waals surface area contributed by atoms with Gasteiger partial charge in [0.15, 0.2) is 6.10 Å². The van der Waals surface area contributed by atoms with E-state index in [-0.39, 0.29) is 25.2 Å². The normalized spacial score (nSPS) is 12.5. The largest absolute Gasteiger partial charge is 0.462 e. The Morgan fingerprint density at radius 3 is 1.22 bits per heavy atom. The molecule has 0 rings (SSSR count). The average molecular weight is 717 g/mol. The van der Waals surface area contributed by atoms with Gasteiger partial charge in [0.25, 0.3) is 0 Å². The molecule has 0 heterocycles. The highest BCUT2D eigenvalue weighted by Crippen LogP contribution is 2.15. The predicted octanol–water partition coefficient (Wildman–Crippen LogP) is 14.0. The monoisotopic (exact) mass is 717 g/mol. The standard InChI is InChI=1S/C46H84O5/c1-3-5-7-9-11-13-15-17-19-21-23-25-27-29-31-33-35-37-39-41-46(49)51-44(42-47)43-50-45(48)40-38-36-34-32-30-28-26-24-22-20-18-16-14-12-10-8-6-4-2/h11,13,17,19,23,25,44,47H,3-10,12,14-16,18,20-22,24,26-43H2,1-2H3/b13-11-,19-17-,25-23-. The molecule has 0 aliphatic carbocycles. The van der Waals surface area contributed by atoms with Crippen molar-refractivity contribution in [3.63, 3.8) is 0 Å². The molecule has 0 aromatic heterocycles. The Morgan fingerprint density at radius 1 is 0.451 bits per heavy atom. The van der Waals surface area contributed by atoms with E-state index in [2.05, 4.69) is 50.3 Å². The first kappa shape index (κ1) is 49.1. The topological polar surface area (TPSA) is 72.8 Å². The molecule has 51 heavy (non-hydrogen) atoms. The van der Waals surface area contributed by atoms with Gasteiger partial charge in [-0.15, -0.1) is 0 Å². The van der Waals surface area contributed by atoms with E-state index >= 15 is 0 Å². The summed E-state index contributed by atoms with van der Waals surface area (Å²) >= 11 is 0. The highest BCUT2D eigenvalue weighted by molar-refractivity contribution is 5.70. The number of aliphatic hydroxyl groups excluding tert-OH is 1. The van der Waals surface area contributed by atoms with E-state index < -0.39 is 6.10 Å². The third-order valence-corrected chi connectivity index (χ3v) is 9.69. The number of aliphatic hydroxyl groups is 1. The van der Waals surface area contributed by atoms with Crippen LogP contribution < -0.4 is 0 Å². The number of hydrogen-bond donors (Lipinski definition) is 1. The van der Waals surface area contributed by atoms with Crippen LogP contribution in [0.5, 0.6) is 0 Å². The minimum Gasteiger partial charge on any atom is -0.462 e. The number of hydrogen-bond acceptors (Lipinski definition) is 5. The summed E-state index contributed by atoms with van der Waals surface area (Å²) in [6.45, 7) is 4.12. The van der Waals surface area contributed by atoms with Crippen LogP contribution in [0.2, 0.25) is 0 Å². The molecule has 0 aromatic carbocycles. The minimum atomic E-state index is -0.775. The van der Waals surface area contributed by atoms with E-state index in [1.54, 1.807) is 0 Å². The van der Waals surface area contributed by atoms with Gasteiger partial charge in [-0.3, -0.25) is 9.59 Å². The van der Waals surface area contributed by atoms with Crippen LogP contribution in [0.15, 0.2) is 36.5 Å². The molecule has 298 valence electrons. The van der Waals surface area contributed by atoms with Gasteiger partial charge < -0.3 is 14.6 Å². The molecule has 0 aromatic rings. The van der Waals surface area contributed by atoms with Crippen molar-refractivity contribution < 1.29 is 24.2 Å². The maximum atomic E-state index is 12.2. The first-order chi connectivity index (χ1) is 25.1. The highest BCUT2D eigenvalue weighted by atomic mass is 16.6. The van der Waals surface area contributed by atoms with Crippen molar-refractivity contribution in [1.82, 2.24) is 0 Å². The fraction of sp³-hybridized carbons (Fsp3) is 0.826. The molecule has 0 saturated heterocycles. The third kappa shape index (κ3) is 40.7. The molecule has 0 fully saturated rings. The molecule has 0 saturated carbocycles. The zero-order valence-corrected chi connectivity index (χ0v) is 33.9. The van der Waals surface area contributed by atoms with Crippen LogP contribution in [0.25, 0.3) is 0 Å². The molecule has 0 aliphatic rings. The quantitative estimate of drug-likeness (QED) is 0.0388. The molecule has 0 spiro atoms. The Balaban J connectivity index is 3.54. The molecule has 0 aliphatic heterocycles. The molecule has 0 bridgehead atoms. The van der Waals surface area contributed by atoms with Gasteiger partial charge in [0.2, 0.25) is 0 Å². The van der Waals surface area contributed by atoms with Crippen LogP contribution in [0.4, 0.5) is 0 Å². The number of rotatable bonds is 40. The van der Waals surface area contributed by atoms with Gasteiger partial charge in [-0.2, -0.15) is 0 Å². The Labute approximate surface area is 316 Å². The van der Waals surface area contributed by atoms with Gasteiger partial charge in [0, 0.05) is 12.8 Å². The van der Waals surface area contributed by atoms with Crippen LogP contribution in [-0.4, -0.2) is 36.4 Å². The second kappa shape index (κ2) is 42.5. The number of esters is 2. The average Bonchev–Trinajstić information content (AvgIpc) is 3.13. The number of ether oxygens (including phenoxy) is 2. The van der Waals surface area contributed by atoms with E-state index in [9.17, 15) is 14.7 Å². The maximum Gasteiger partial charge on any atom is 0.306 e. The summed E-state index contributed by atoms with van der Waals surface area (Å²) in [7, 11) is 0. The van der Waals surface area contributed by atoms with Gasteiger partial charge in [-0.1, -0.05) is 198 Å². The van der Waals surface area contributed by atoms with Crippen molar-refractivity contribution in [3.8, 4) is 0 Å². The molecular formula is C46H84O5. The summed E-state index contributed by atoms with van der Waals surface area (Å²) in [6, 6.07) is 0. The summed E-state index contributed by atoms with van der Waals surface area (Å²) in [6.07, 6.45) is 52.1. The van der Waals surface area contributed by atoms with Gasteiger partial charge in [0.05, 0.1) is 6.61 Å². The van der Waals surface area contributed by atoms with E-state index in [0.717, 1.165) is 57.8 Å². The molecule has 1 atom stereocenters. The van der Waals surface area contributed by atoms with Crippen molar-refractivity contribution >= 4 is 11.9 Å². The van der Waals surface area contributed by atoms with Gasteiger partial charge in [-0.25, -0.2) is 0 Å². The van der Waals surface area contributed by atoms with E-state index in [1.165, 1.54) is 141 Å². The lowest BCUT2D eigenvalue weighted by Gasteiger charge is -2.15. The lowest BCUT2D eigenvalue weighted by atomic mass is 10.0. The van der Waals surface area contributed by atoms with Gasteiger partial charge in [-0.05, 0) is 51.4 Å². The summed E-state index contributed by atoms with van der Waals surface area (Å²) in [5.41, 5.74) is 0. The molecule has 0 radical (unpaired) electrons. The SMILES string of the molecule is CCCCC/C=C\C/C=C\C/C=C\CCCCCCCCC(=O)OC(CO)COC(=O)CCCCCCCCCCCCCCCCCCCC. The zero-order chi connectivity index (χ0) is 37.1. The minimum absolute atomic E-state index is 0.0681. The van der Waals surface area contributed by atoms with Gasteiger partial charge in [0.1, 0.15) is 6.61 Å². The van der Waals surface area contributed by atoms with Crippen molar-refractivity contribution in [2.24, 2.45) is 0 Å². The zero-order valence-electron chi connectivity index (χ0n) is 33.9. The first-order valence-corrected chi connectivity index (χ1v) is 22.0. The Morgan fingerprint density at radius 2 is 0.784 bits per heavy atom. The van der Waals surface area contributed by atoms with Crippen molar-refractivity contribution in [1.29, 1.82) is 0 Å². The lowest BCUT2D eigenvalue weighted by Crippen LogP contribution is -2.28. The van der Waals surface area contributed by atoms with E-state index in [4.69, 9.17) is 9.47 Å². The van der Waals surface area contributed by atoms with Crippen LogP contribution >= 0.6 is 0 Å². The predicted molar refractivity (Wildman–Crippen MR) is 219 cm³/mol. The number of unbranched alkanes of at least 4 members (excludes halogenated alkanes) is 26. The molecule has 1 unspecified atom stereocenters. The Bertz CT molecular complexity index is 816. The fourth-order valence-corrected chi connectivity index (χ4v) is 6.33. The summed E-state index contributed by atoms with van der Waals surface area (Å²) < 4.78 is 10.6. The van der Waals surface area contributed by atoms with Crippen LogP contribution in [0.3, 0.4) is 0 Å². The van der Waals surface area contributed by atoms with Crippen LogP contribution in [0, 0.1) is 0 Å². The van der Waals surface area contributed by atoms with Gasteiger partial charge >= 0.3 is 11.9 Å². The summed E-state index contributed by atoms with van der Waals surface area (Å²) in [5, 5.41) is 9.58. The van der Waals surface area contributed by atoms with Crippen molar-refractivity contribution in [2.45, 2.75) is 232 Å².